The van der Waals surface area contributed by atoms with Crippen LogP contribution in [0.4, 0.5) is 0 Å². The number of rotatable bonds is 1. The fourth-order valence-corrected chi connectivity index (χ4v) is 1.67. The van der Waals surface area contributed by atoms with Gasteiger partial charge < -0.3 is 5.11 Å². The van der Waals surface area contributed by atoms with Crippen molar-refractivity contribution in [1.82, 2.24) is 15.0 Å². The summed E-state index contributed by atoms with van der Waals surface area (Å²) in [5, 5.41) is 17.5. The average molecular weight is 167 g/mol. The Kier molecular flexibility index (Phi) is 1.84. The van der Waals surface area contributed by atoms with E-state index in [2.05, 4.69) is 10.3 Å². The minimum Gasteiger partial charge on any atom is -0.393 e. The first-order valence-corrected chi connectivity index (χ1v) is 4.40. The van der Waals surface area contributed by atoms with Gasteiger partial charge in [0.05, 0.1) is 17.5 Å². The van der Waals surface area contributed by atoms with Crippen LogP contribution in [0.15, 0.2) is 0 Å². The van der Waals surface area contributed by atoms with Gasteiger partial charge in [0.2, 0.25) is 0 Å². The van der Waals surface area contributed by atoms with E-state index in [0.717, 1.165) is 37.2 Å². The molecule has 0 amide bonds. The Hall–Kier alpha value is -0.900. The maximum atomic E-state index is 9.43. The summed E-state index contributed by atoms with van der Waals surface area (Å²) in [6.07, 6.45) is 2.23. The molecule has 12 heavy (non-hydrogen) atoms. The quantitative estimate of drug-likeness (QED) is 0.647. The van der Waals surface area contributed by atoms with Crippen LogP contribution >= 0.6 is 0 Å². The molecule has 0 radical (unpaired) electrons. The molecule has 1 aliphatic carbocycles. The van der Waals surface area contributed by atoms with Crippen LogP contribution in [0.5, 0.6) is 0 Å². The standard InChI is InChI=1S/C8H13N3O/c1-2-11-8-5-6(12)3-4-7(8)9-10-11/h6,12H,2-5H2,1H3. The lowest BCUT2D eigenvalue weighted by Crippen LogP contribution is -2.20. The first-order chi connectivity index (χ1) is 5.81. The van der Waals surface area contributed by atoms with E-state index in [9.17, 15) is 5.11 Å². The van der Waals surface area contributed by atoms with Crippen molar-refractivity contribution in [3.8, 4) is 0 Å². The zero-order chi connectivity index (χ0) is 8.55. The smallest absolute Gasteiger partial charge is 0.0861 e. The normalized spacial score (nSPS) is 22.3. The number of aromatic nitrogens is 3. The number of aliphatic hydroxyl groups excluding tert-OH is 1. The molecule has 1 aromatic heterocycles. The lowest BCUT2D eigenvalue weighted by atomic mass is 9.98. The van der Waals surface area contributed by atoms with Crippen molar-refractivity contribution in [3.63, 3.8) is 0 Å². The van der Waals surface area contributed by atoms with Crippen LogP contribution in [0.2, 0.25) is 0 Å². The van der Waals surface area contributed by atoms with Gasteiger partial charge in [0.1, 0.15) is 0 Å². The molecule has 2 rings (SSSR count). The zero-order valence-corrected chi connectivity index (χ0v) is 7.19. The van der Waals surface area contributed by atoms with Crippen molar-refractivity contribution in [3.05, 3.63) is 11.4 Å². The van der Waals surface area contributed by atoms with E-state index in [0.29, 0.717) is 0 Å². The molecule has 0 spiro atoms. The predicted octanol–water partition coefficient (Wildman–Crippen LogP) is 0.148. The van der Waals surface area contributed by atoms with Crippen LogP contribution in [-0.4, -0.2) is 26.2 Å². The van der Waals surface area contributed by atoms with E-state index in [1.807, 2.05) is 11.6 Å². The molecule has 4 heteroatoms. The van der Waals surface area contributed by atoms with Crippen LogP contribution in [0.3, 0.4) is 0 Å². The average Bonchev–Trinajstić information content (AvgIpc) is 2.46. The van der Waals surface area contributed by atoms with Gasteiger partial charge in [0.25, 0.3) is 0 Å². The van der Waals surface area contributed by atoms with Gasteiger partial charge in [-0.05, 0) is 19.8 Å². The molecule has 0 fully saturated rings. The highest BCUT2D eigenvalue weighted by Gasteiger charge is 2.21. The summed E-state index contributed by atoms with van der Waals surface area (Å²) >= 11 is 0. The summed E-state index contributed by atoms with van der Waals surface area (Å²) in [5.41, 5.74) is 2.19. The van der Waals surface area contributed by atoms with Gasteiger partial charge in [-0.15, -0.1) is 5.10 Å². The lowest BCUT2D eigenvalue weighted by molar-refractivity contribution is 0.155. The third kappa shape index (κ3) is 1.12. The topological polar surface area (TPSA) is 50.9 Å². The molecule has 1 heterocycles. The highest BCUT2D eigenvalue weighted by molar-refractivity contribution is 5.15. The van der Waals surface area contributed by atoms with Gasteiger partial charge in [0.15, 0.2) is 0 Å². The van der Waals surface area contributed by atoms with E-state index < -0.39 is 0 Å². The molecular weight excluding hydrogens is 154 g/mol. The van der Waals surface area contributed by atoms with Crippen molar-refractivity contribution in [1.29, 1.82) is 0 Å². The molecule has 0 aromatic carbocycles. The highest BCUT2D eigenvalue weighted by atomic mass is 16.3. The summed E-state index contributed by atoms with van der Waals surface area (Å²) < 4.78 is 1.87. The first-order valence-electron chi connectivity index (χ1n) is 4.40. The largest absolute Gasteiger partial charge is 0.393 e. The summed E-state index contributed by atoms with van der Waals surface area (Å²) in [6, 6.07) is 0. The molecular formula is C8H13N3O. The number of hydrogen-bond acceptors (Lipinski definition) is 3. The maximum Gasteiger partial charge on any atom is 0.0861 e. The fraction of sp³-hybridized carbons (Fsp3) is 0.750. The Labute approximate surface area is 71.2 Å². The van der Waals surface area contributed by atoms with Gasteiger partial charge in [-0.25, -0.2) is 4.68 Å². The van der Waals surface area contributed by atoms with E-state index in [4.69, 9.17) is 0 Å². The number of hydrogen-bond donors (Lipinski definition) is 1. The number of fused-ring (bicyclic) bond motifs is 1. The summed E-state index contributed by atoms with van der Waals surface area (Å²) in [6.45, 7) is 2.88. The maximum absolute atomic E-state index is 9.43. The van der Waals surface area contributed by atoms with Gasteiger partial charge >= 0.3 is 0 Å². The number of nitrogens with zero attached hydrogens (tertiary/aromatic N) is 3. The van der Waals surface area contributed by atoms with Crippen molar-refractivity contribution in [2.75, 3.05) is 0 Å². The zero-order valence-electron chi connectivity index (χ0n) is 7.19. The Bertz CT molecular complexity index is 268. The minimum absolute atomic E-state index is 0.193. The van der Waals surface area contributed by atoms with Gasteiger partial charge in [-0.1, -0.05) is 5.21 Å². The molecule has 4 nitrogen and oxygen atoms in total. The fourth-order valence-electron chi connectivity index (χ4n) is 1.67. The molecule has 1 aliphatic rings. The van der Waals surface area contributed by atoms with Gasteiger partial charge in [0, 0.05) is 13.0 Å². The molecule has 66 valence electrons. The monoisotopic (exact) mass is 167 g/mol. The molecule has 0 bridgehead atoms. The molecule has 1 unspecified atom stereocenters. The molecule has 0 aliphatic heterocycles. The molecule has 1 aromatic rings. The van der Waals surface area contributed by atoms with Crippen LogP contribution in [0.1, 0.15) is 24.7 Å². The summed E-state index contributed by atoms with van der Waals surface area (Å²) in [5.74, 6) is 0. The highest BCUT2D eigenvalue weighted by Crippen LogP contribution is 2.18. The molecule has 0 saturated heterocycles. The number of aliphatic hydroxyl groups is 1. The second kappa shape index (κ2) is 2.86. The SMILES string of the molecule is CCn1nnc2c1CC(O)CC2. The second-order valence-electron chi connectivity index (χ2n) is 3.20. The van der Waals surface area contributed by atoms with Gasteiger partial charge in [-0.2, -0.15) is 0 Å². The molecule has 1 atom stereocenters. The Balaban J connectivity index is 2.34. The third-order valence-electron chi connectivity index (χ3n) is 2.36. The Morgan fingerprint density at radius 2 is 2.50 bits per heavy atom. The van der Waals surface area contributed by atoms with Crippen LogP contribution < -0.4 is 0 Å². The molecule has 0 saturated carbocycles. The number of aryl methyl sites for hydroxylation is 2. The summed E-state index contributed by atoms with van der Waals surface area (Å²) in [4.78, 5) is 0. The van der Waals surface area contributed by atoms with E-state index in [1.54, 1.807) is 0 Å². The molecule has 1 N–H and O–H groups in total. The van der Waals surface area contributed by atoms with Crippen LogP contribution in [0.25, 0.3) is 0 Å². The Morgan fingerprint density at radius 1 is 1.67 bits per heavy atom. The lowest BCUT2D eigenvalue weighted by Gasteiger charge is -2.16. The Morgan fingerprint density at radius 3 is 3.25 bits per heavy atom. The first kappa shape index (κ1) is 7.73. The van der Waals surface area contributed by atoms with Gasteiger partial charge in [-0.3, -0.25) is 0 Å². The van der Waals surface area contributed by atoms with E-state index >= 15 is 0 Å². The second-order valence-corrected chi connectivity index (χ2v) is 3.20. The van der Waals surface area contributed by atoms with Crippen molar-refractivity contribution >= 4 is 0 Å². The van der Waals surface area contributed by atoms with Crippen molar-refractivity contribution in [2.24, 2.45) is 0 Å². The van der Waals surface area contributed by atoms with Crippen LogP contribution in [-0.2, 0) is 19.4 Å². The van der Waals surface area contributed by atoms with Crippen LogP contribution in [0, 0.1) is 0 Å². The van der Waals surface area contributed by atoms with Crippen molar-refractivity contribution in [2.45, 2.75) is 38.8 Å². The summed E-state index contributed by atoms with van der Waals surface area (Å²) in [7, 11) is 0. The van der Waals surface area contributed by atoms with E-state index in [-0.39, 0.29) is 6.10 Å². The van der Waals surface area contributed by atoms with E-state index in [1.165, 1.54) is 0 Å². The van der Waals surface area contributed by atoms with Crippen molar-refractivity contribution < 1.29 is 5.11 Å². The predicted molar refractivity (Wildman–Crippen MR) is 43.7 cm³/mol. The minimum atomic E-state index is -0.193. The third-order valence-corrected chi connectivity index (χ3v) is 2.36.